The van der Waals surface area contributed by atoms with E-state index >= 15 is 0 Å². The summed E-state index contributed by atoms with van der Waals surface area (Å²) in [6, 6.07) is 10.6. The minimum Gasteiger partial charge on any atom is -0.478 e. The molecule has 6 nitrogen and oxygen atoms in total. The second kappa shape index (κ2) is 5.83. The molecule has 122 valence electrons. The molecule has 6 heteroatoms. The van der Waals surface area contributed by atoms with E-state index in [1.54, 1.807) is 36.8 Å². The van der Waals surface area contributed by atoms with Crippen LogP contribution in [-0.4, -0.2) is 26.0 Å². The topological polar surface area (TPSA) is 88.0 Å². The maximum absolute atomic E-state index is 11.3. The van der Waals surface area contributed by atoms with Crippen LogP contribution >= 0.6 is 0 Å². The van der Waals surface area contributed by atoms with Gasteiger partial charge in [0.15, 0.2) is 0 Å². The second-order valence-electron chi connectivity index (χ2n) is 5.76. The number of hydrogen-bond donors (Lipinski definition) is 2. The summed E-state index contributed by atoms with van der Waals surface area (Å²) in [6.45, 7) is 1.97. The number of pyridine rings is 3. The van der Waals surface area contributed by atoms with Crippen LogP contribution in [0.5, 0.6) is 0 Å². The summed E-state index contributed by atoms with van der Waals surface area (Å²) in [5, 5.41) is 15.1. The molecule has 0 radical (unpaired) electrons. The SMILES string of the molecule is Cc1ccc(Nc2nc3cc(C(=O)O)ccc3c3cnccc23)nc1. The van der Waals surface area contributed by atoms with Gasteiger partial charge in [0, 0.05) is 34.7 Å². The molecule has 0 spiro atoms. The van der Waals surface area contributed by atoms with Crippen LogP contribution in [-0.2, 0) is 0 Å². The van der Waals surface area contributed by atoms with E-state index in [0.29, 0.717) is 17.2 Å². The van der Waals surface area contributed by atoms with Crippen LogP contribution < -0.4 is 5.32 Å². The molecule has 25 heavy (non-hydrogen) atoms. The minimum atomic E-state index is -0.982. The molecule has 0 bridgehead atoms. The first-order chi connectivity index (χ1) is 12.1. The third-order valence-electron chi connectivity index (χ3n) is 4.00. The number of carbonyl (C=O) groups is 1. The van der Waals surface area contributed by atoms with Crippen LogP contribution in [0, 0.1) is 6.92 Å². The van der Waals surface area contributed by atoms with Crippen molar-refractivity contribution in [3.05, 3.63) is 66.1 Å². The van der Waals surface area contributed by atoms with E-state index in [1.165, 1.54) is 0 Å². The number of fused-ring (bicyclic) bond motifs is 3. The number of aromatic carboxylic acids is 1. The number of carboxylic acids is 1. The number of nitrogens with zero attached hydrogens (tertiary/aromatic N) is 3. The standard InChI is InChI=1S/C19H14N4O2/c1-11-2-5-17(21-9-11)23-18-14-6-7-20-10-15(14)13-4-3-12(19(24)25)8-16(13)22-18/h2-10H,1H3,(H,24,25)(H,21,22,23). The fourth-order valence-corrected chi connectivity index (χ4v) is 2.74. The Morgan fingerprint density at radius 1 is 1.04 bits per heavy atom. The number of anilines is 2. The quantitative estimate of drug-likeness (QED) is 0.553. The first-order valence-electron chi connectivity index (χ1n) is 7.72. The van der Waals surface area contributed by atoms with E-state index in [2.05, 4.69) is 20.3 Å². The Labute approximate surface area is 143 Å². The highest BCUT2D eigenvalue weighted by Gasteiger charge is 2.11. The molecule has 4 aromatic rings. The average molecular weight is 330 g/mol. The van der Waals surface area contributed by atoms with Crippen molar-refractivity contribution in [1.29, 1.82) is 0 Å². The molecule has 0 atom stereocenters. The van der Waals surface area contributed by atoms with Crippen molar-refractivity contribution in [1.82, 2.24) is 15.0 Å². The number of aryl methyl sites for hydroxylation is 1. The first-order valence-corrected chi connectivity index (χ1v) is 7.72. The molecular formula is C19H14N4O2. The smallest absolute Gasteiger partial charge is 0.335 e. The summed E-state index contributed by atoms with van der Waals surface area (Å²) < 4.78 is 0. The summed E-state index contributed by atoms with van der Waals surface area (Å²) in [5.74, 6) is 0.304. The number of benzene rings is 1. The van der Waals surface area contributed by atoms with Crippen molar-refractivity contribution in [2.45, 2.75) is 6.92 Å². The van der Waals surface area contributed by atoms with Crippen molar-refractivity contribution >= 4 is 39.3 Å². The lowest BCUT2D eigenvalue weighted by molar-refractivity contribution is 0.0697. The summed E-state index contributed by atoms with van der Waals surface area (Å²) in [4.78, 5) is 24.4. The van der Waals surface area contributed by atoms with Crippen LogP contribution in [0.15, 0.2) is 55.0 Å². The Bertz CT molecular complexity index is 1110. The van der Waals surface area contributed by atoms with Gasteiger partial charge in [0.25, 0.3) is 0 Å². The Morgan fingerprint density at radius 3 is 2.68 bits per heavy atom. The molecule has 3 heterocycles. The highest BCUT2D eigenvalue weighted by atomic mass is 16.4. The molecule has 0 aliphatic heterocycles. The Morgan fingerprint density at radius 2 is 1.92 bits per heavy atom. The molecule has 3 aromatic heterocycles. The zero-order chi connectivity index (χ0) is 17.4. The lowest BCUT2D eigenvalue weighted by Gasteiger charge is -2.11. The Kier molecular flexibility index (Phi) is 3.50. The number of carboxylic acid groups (broad SMARTS) is 1. The minimum absolute atomic E-state index is 0.197. The van der Waals surface area contributed by atoms with E-state index in [4.69, 9.17) is 0 Å². The fourth-order valence-electron chi connectivity index (χ4n) is 2.74. The Hall–Kier alpha value is -3.54. The maximum atomic E-state index is 11.3. The molecule has 0 saturated heterocycles. The third kappa shape index (κ3) is 2.74. The molecule has 4 rings (SSSR count). The zero-order valence-corrected chi connectivity index (χ0v) is 13.4. The van der Waals surface area contributed by atoms with Gasteiger partial charge in [0.2, 0.25) is 0 Å². The third-order valence-corrected chi connectivity index (χ3v) is 4.00. The highest BCUT2D eigenvalue weighted by molar-refractivity contribution is 6.11. The predicted octanol–water partition coefficient (Wildman–Crippen LogP) is 3.93. The van der Waals surface area contributed by atoms with Crippen molar-refractivity contribution in [2.24, 2.45) is 0 Å². The van der Waals surface area contributed by atoms with E-state index in [0.717, 1.165) is 21.7 Å². The normalized spacial score (nSPS) is 10.9. The first kappa shape index (κ1) is 15.0. The zero-order valence-electron chi connectivity index (χ0n) is 13.4. The van der Waals surface area contributed by atoms with Gasteiger partial charge in [0.1, 0.15) is 11.6 Å². The van der Waals surface area contributed by atoms with Gasteiger partial charge in [-0.15, -0.1) is 0 Å². The van der Waals surface area contributed by atoms with Gasteiger partial charge in [-0.1, -0.05) is 12.1 Å². The number of nitrogens with one attached hydrogen (secondary N) is 1. The van der Waals surface area contributed by atoms with Gasteiger partial charge in [-0.05, 0) is 36.8 Å². The molecule has 0 fully saturated rings. The van der Waals surface area contributed by atoms with Gasteiger partial charge < -0.3 is 10.4 Å². The van der Waals surface area contributed by atoms with E-state index in [1.807, 2.05) is 25.1 Å². The lowest BCUT2D eigenvalue weighted by atomic mass is 10.1. The predicted molar refractivity (Wildman–Crippen MR) is 96.3 cm³/mol. The van der Waals surface area contributed by atoms with Crippen LogP contribution in [0.4, 0.5) is 11.6 Å². The summed E-state index contributed by atoms with van der Waals surface area (Å²) in [7, 11) is 0. The molecule has 0 aliphatic carbocycles. The monoisotopic (exact) mass is 330 g/mol. The van der Waals surface area contributed by atoms with Gasteiger partial charge in [0.05, 0.1) is 11.1 Å². The number of rotatable bonds is 3. The number of hydrogen-bond acceptors (Lipinski definition) is 5. The van der Waals surface area contributed by atoms with E-state index < -0.39 is 5.97 Å². The van der Waals surface area contributed by atoms with Crippen LogP contribution in [0.3, 0.4) is 0 Å². The van der Waals surface area contributed by atoms with E-state index in [9.17, 15) is 9.90 Å². The molecule has 0 unspecified atom stereocenters. The molecule has 0 amide bonds. The fraction of sp³-hybridized carbons (Fsp3) is 0.0526. The van der Waals surface area contributed by atoms with Crippen molar-refractivity contribution in [2.75, 3.05) is 5.32 Å². The second-order valence-corrected chi connectivity index (χ2v) is 5.76. The largest absolute Gasteiger partial charge is 0.478 e. The Balaban J connectivity index is 1.94. The molecule has 2 N–H and O–H groups in total. The van der Waals surface area contributed by atoms with Crippen molar-refractivity contribution < 1.29 is 9.90 Å². The highest BCUT2D eigenvalue weighted by Crippen LogP contribution is 2.30. The van der Waals surface area contributed by atoms with Gasteiger partial charge >= 0.3 is 5.97 Å². The summed E-state index contributed by atoms with van der Waals surface area (Å²) in [6.07, 6.45) is 5.23. The van der Waals surface area contributed by atoms with E-state index in [-0.39, 0.29) is 5.56 Å². The summed E-state index contributed by atoms with van der Waals surface area (Å²) >= 11 is 0. The number of aromatic nitrogens is 3. The van der Waals surface area contributed by atoms with Crippen LogP contribution in [0.1, 0.15) is 15.9 Å². The van der Waals surface area contributed by atoms with Crippen LogP contribution in [0.25, 0.3) is 21.7 Å². The molecular weight excluding hydrogens is 316 g/mol. The molecule has 0 aliphatic rings. The average Bonchev–Trinajstić information content (AvgIpc) is 2.63. The summed E-state index contributed by atoms with van der Waals surface area (Å²) in [5.41, 5.74) is 1.86. The van der Waals surface area contributed by atoms with Crippen molar-refractivity contribution in [3.8, 4) is 0 Å². The van der Waals surface area contributed by atoms with Gasteiger partial charge in [-0.25, -0.2) is 14.8 Å². The lowest BCUT2D eigenvalue weighted by Crippen LogP contribution is -2.00. The van der Waals surface area contributed by atoms with Gasteiger partial charge in [-0.3, -0.25) is 4.98 Å². The van der Waals surface area contributed by atoms with Gasteiger partial charge in [-0.2, -0.15) is 0 Å². The maximum Gasteiger partial charge on any atom is 0.335 e. The van der Waals surface area contributed by atoms with Crippen molar-refractivity contribution in [3.63, 3.8) is 0 Å². The van der Waals surface area contributed by atoms with Crippen LogP contribution in [0.2, 0.25) is 0 Å². The molecule has 1 aromatic carbocycles. The molecule has 0 saturated carbocycles.